The van der Waals surface area contributed by atoms with Gasteiger partial charge in [0.15, 0.2) is 17.3 Å². The normalized spacial score (nSPS) is 20.6. The molecule has 0 aliphatic heterocycles. The molecular formula is C31H32N2O8. The van der Waals surface area contributed by atoms with Gasteiger partial charge in [0.2, 0.25) is 5.78 Å². The van der Waals surface area contributed by atoms with Gasteiger partial charge in [-0.2, -0.15) is 0 Å². The first-order valence-electron chi connectivity index (χ1n) is 13.1. The molecule has 0 saturated carbocycles. The quantitative estimate of drug-likeness (QED) is 0.158. The van der Waals surface area contributed by atoms with Crippen LogP contribution in [0.25, 0.3) is 0 Å². The summed E-state index contributed by atoms with van der Waals surface area (Å²) in [6.07, 6.45) is 0.677. The van der Waals surface area contributed by atoms with E-state index < -0.39 is 23.0 Å². The average molecular weight is 561 g/mol. The maximum Gasteiger partial charge on any atom is 0.202 e. The van der Waals surface area contributed by atoms with Crippen molar-refractivity contribution < 1.29 is 39.2 Å². The fourth-order valence-corrected chi connectivity index (χ4v) is 6.10. The van der Waals surface area contributed by atoms with Crippen molar-refractivity contribution in [1.29, 1.82) is 0 Å². The van der Waals surface area contributed by atoms with Gasteiger partial charge in [0.1, 0.15) is 24.4 Å². The van der Waals surface area contributed by atoms with E-state index in [4.69, 9.17) is 14.3 Å². The number of phenols is 3. The van der Waals surface area contributed by atoms with Crippen molar-refractivity contribution in [3.8, 4) is 28.7 Å². The van der Waals surface area contributed by atoms with Crippen LogP contribution in [0.15, 0.2) is 41.6 Å². The molecule has 0 aromatic heterocycles. The van der Waals surface area contributed by atoms with Gasteiger partial charge in [-0.15, -0.1) is 0 Å². The summed E-state index contributed by atoms with van der Waals surface area (Å²) in [4.78, 5) is 32.7. The van der Waals surface area contributed by atoms with Crippen LogP contribution < -0.4 is 14.8 Å². The van der Waals surface area contributed by atoms with Crippen LogP contribution in [0, 0.1) is 5.92 Å². The number of rotatable bonds is 6. The highest BCUT2D eigenvalue weighted by atomic mass is 16.6. The van der Waals surface area contributed by atoms with Gasteiger partial charge in [-0.05, 0) is 57.0 Å². The Morgan fingerprint density at radius 1 is 0.927 bits per heavy atom. The first-order chi connectivity index (χ1) is 19.6. The smallest absolute Gasteiger partial charge is 0.202 e. The van der Waals surface area contributed by atoms with Crippen molar-refractivity contribution in [2.45, 2.75) is 31.7 Å². The van der Waals surface area contributed by atoms with Gasteiger partial charge in [0, 0.05) is 22.6 Å². The standard InChI is InChI=1S/C31H32N2O8/c1-31(32-2)14-19-18(13-16(30(31)33-41-5)11-15-9-10-21(39-3)20(34)12-15)27(36)25-24(28(19)37)26(35)17-7-6-8-22(40-4)23(17)29(25)38/h6-10,12,16,32,34,36-37H,11,13-14H2,1-5H3. The number of phenolic OH excluding ortho intramolecular Hbond substituents is 3. The van der Waals surface area contributed by atoms with Crippen molar-refractivity contribution in [1.82, 2.24) is 5.32 Å². The summed E-state index contributed by atoms with van der Waals surface area (Å²) in [6, 6.07) is 9.75. The number of ether oxygens (including phenoxy) is 2. The third-order valence-corrected chi connectivity index (χ3v) is 8.23. The highest BCUT2D eigenvalue weighted by molar-refractivity contribution is 6.31. The second-order valence-corrected chi connectivity index (χ2v) is 10.5. The molecule has 0 bridgehead atoms. The molecule has 2 aliphatic carbocycles. The summed E-state index contributed by atoms with van der Waals surface area (Å²) in [7, 11) is 6.05. The summed E-state index contributed by atoms with van der Waals surface area (Å²) >= 11 is 0. The molecule has 0 spiro atoms. The predicted molar refractivity (Wildman–Crippen MR) is 151 cm³/mol. The summed E-state index contributed by atoms with van der Waals surface area (Å²) in [5, 5.41) is 41.4. The lowest BCUT2D eigenvalue weighted by Crippen LogP contribution is -2.52. The Bertz CT molecular complexity index is 1610. The molecule has 0 fully saturated rings. The van der Waals surface area contributed by atoms with Crippen LogP contribution in [0.5, 0.6) is 28.7 Å². The maximum absolute atomic E-state index is 13.8. The van der Waals surface area contributed by atoms with E-state index in [2.05, 4.69) is 10.5 Å². The molecule has 0 amide bonds. The van der Waals surface area contributed by atoms with Gasteiger partial charge < -0.3 is 34.9 Å². The van der Waals surface area contributed by atoms with Crippen LogP contribution >= 0.6 is 0 Å². The number of hydrogen-bond acceptors (Lipinski definition) is 10. The summed E-state index contributed by atoms with van der Waals surface area (Å²) in [5.41, 5.74) is 0.848. The number of benzene rings is 3. The minimum atomic E-state index is -0.874. The van der Waals surface area contributed by atoms with E-state index in [9.17, 15) is 24.9 Å². The Hall–Kier alpha value is -4.57. The molecule has 3 aromatic carbocycles. The van der Waals surface area contributed by atoms with E-state index >= 15 is 0 Å². The topological polar surface area (TPSA) is 147 Å². The van der Waals surface area contributed by atoms with E-state index in [1.54, 1.807) is 31.3 Å². The number of fused-ring (bicyclic) bond motifs is 3. The molecule has 5 rings (SSSR count). The molecule has 2 unspecified atom stereocenters. The zero-order valence-electron chi connectivity index (χ0n) is 23.5. The molecule has 10 heteroatoms. The number of nitrogens with one attached hydrogen (secondary N) is 1. The van der Waals surface area contributed by atoms with Crippen LogP contribution in [0.3, 0.4) is 0 Å². The maximum atomic E-state index is 13.8. The first kappa shape index (κ1) is 28.0. The third-order valence-electron chi connectivity index (χ3n) is 8.23. The van der Waals surface area contributed by atoms with E-state index in [-0.39, 0.29) is 58.1 Å². The zero-order chi connectivity index (χ0) is 29.6. The Morgan fingerprint density at radius 3 is 2.24 bits per heavy atom. The van der Waals surface area contributed by atoms with E-state index in [1.165, 1.54) is 27.4 Å². The van der Waals surface area contributed by atoms with Gasteiger partial charge >= 0.3 is 0 Å². The Labute approximate surface area is 237 Å². The lowest BCUT2D eigenvalue weighted by atomic mass is 9.78. The number of aromatic hydroxyl groups is 3. The Balaban J connectivity index is 1.72. The number of methoxy groups -OCH3 is 2. The number of ketones is 2. The number of oxime groups is 1. The second-order valence-electron chi connectivity index (χ2n) is 10.5. The number of nitrogens with zero attached hydrogens (tertiary/aromatic N) is 1. The highest BCUT2D eigenvalue weighted by Gasteiger charge is 2.45. The Kier molecular flexibility index (Phi) is 7.12. The zero-order valence-corrected chi connectivity index (χ0v) is 23.5. The predicted octanol–water partition coefficient (Wildman–Crippen LogP) is 3.53. The van der Waals surface area contributed by atoms with Crippen LogP contribution in [0.2, 0.25) is 0 Å². The summed E-state index contributed by atoms with van der Waals surface area (Å²) in [5.74, 6) is -1.77. The molecule has 2 atom stereocenters. The molecular weight excluding hydrogens is 528 g/mol. The molecule has 0 saturated heterocycles. The molecule has 2 aliphatic rings. The molecule has 0 heterocycles. The van der Waals surface area contributed by atoms with Gasteiger partial charge in [0.25, 0.3) is 0 Å². The van der Waals surface area contributed by atoms with Crippen molar-refractivity contribution in [2.75, 3.05) is 28.4 Å². The van der Waals surface area contributed by atoms with E-state index in [0.717, 1.165) is 5.56 Å². The number of hydrogen-bond donors (Lipinski definition) is 4. The highest BCUT2D eigenvalue weighted by Crippen LogP contribution is 2.48. The molecule has 214 valence electrons. The van der Waals surface area contributed by atoms with Crippen molar-refractivity contribution in [3.05, 3.63) is 75.3 Å². The number of likely N-dealkylation sites (N-methyl/N-ethyl adjacent to an activating group) is 1. The van der Waals surface area contributed by atoms with Gasteiger partial charge in [-0.1, -0.05) is 23.4 Å². The summed E-state index contributed by atoms with van der Waals surface area (Å²) < 4.78 is 10.5. The number of carbonyl (C=O) groups is 2. The molecule has 41 heavy (non-hydrogen) atoms. The van der Waals surface area contributed by atoms with Gasteiger partial charge in [0.05, 0.1) is 42.2 Å². The third kappa shape index (κ3) is 4.35. The SMILES string of the molecule is CNC1(C)Cc2c(O)c3c(c(O)c2CC(Cc2ccc(OC)c(O)c2)C1=NOC)C(=O)c1c(OC)cccc1C3=O. The fourth-order valence-electron chi connectivity index (χ4n) is 6.10. The van der Waals surface area contributed by atoms with E-state index in [0.29, 0.717) is 29.0 Å². The largest absolute Gasteiger partial charge is 0.507 e. The fraction of sp³-hybridized carbons (Fsp3) is 0.323. The van der Waals surface area contributed by atoms with Gasteiger partial charge in [-0.25, -0.2) is 0 Å². The Morgan fingerprint density at radius 2 is 1.61 bits per heavy atom. The van der Waals surface area contributed by atoms with Crippen molar-refractivity contribution in [2.24, 2.45) is 11.1 Å². The minimum Gasteiger partial charge on any atom is -0.507 e. The summed E-state index contributed by atoms with van der Waals surface area (Å²) in [6.45, 7) is 1.89. The van der Waals surface area contributed by atoms with Crippen molar-refractivity contribution >= 4 is 17.3 Å². The minimum absolute atomic E-state index is 0.0214. The van der Waals surface area contributed by atoms with Crippen LogP contribution in [0.1, 0.15) is 55.5 Å². The molecule has 4 N–H and O–H groups in total. The van der Waals surface area contributed by atoms with Gasteiger partial charge in [-0.3, -0.25) is 9.59 Å². The molecule has 10 nitrogen and oxygen atoms in total. The monoisotopic (exact) mass is 560 g/mol. The second kappa shape index (κ2) is 10.4. The lowest BCUT2D eigenvalue weighted by Gasteiger charge is -2.32. The van der Waals surface area contributed by atoms with Crippen LogP contribution in [0.4, 0.5) is 0 Å². The number of carbonyl (C=O) groups excluding carboxylic acids is 2. The van der Waals surface area contributed by atoms with Crippen LogP contribution in [-0.2, 0) is 24.1 Å². The lowest BCUT2D eigenvalue weighted by molar-refractivity contribution is 0.0971. The molecule has 0 radical (unpaired) electrons. The van der Waals surface area contributed by atoms with Crippen molar-refractivity contribution in [3.63, 3.8) is 0 Å². The van der Waals surface area contributed by atoms with E-state index in [1.807, 2.05) is 13.0 Å². The molecule has 3 aromatic rings. The first-order valence-corrected chi connectivity index (χ1v) is 13.1. The van der Waals surface area contributed by atoms with Crippen LogP contribution in [-0.4, -0.2) is 66.5 Å². The average Bonchev–Trinajstić information content (AvgIpc) is 3.08.